The van der Waals surface area contributed by atoms with E-state index in [4.69, 9.17) is 0 Å². The molecule has 0 saturated heterocycles. The minimum absolute atomic E-state index is 0.117. The van der Waals surface area contributed by atoms with Crippen LogP contribution in [0, 0.1) is 23.2 Å². The second-order valence-corrected chi connectivity index (χ2v) is 14.2. The standard InChI is InChI=1S/C30H32NOP/c32-29(30-19-23-16-24(20-30)18-25(17-23)21-30)31-22-33(26-10-4-1-5-11-26,27-12-6-2-7-13-27)28-14-8-3-9-15-28/h1-15,23-25H,16-22H2/p+1. The minimum atomic E-state index is -2.03. The molecule has 2 nitrogen and oxygen atoms in total. The van der Waals surface area contributed by atoms with Gasteiger partial charge in [0.25, 0.3) is 0 Å². The first-order valence-corrected chi connectivity index (χ1v) is 14.5. The van der Waals surface area contributed by atoms with Crippen molar-refractivity contribution in [3.63, 3.8) is 0 Å². The molecular formula is C30H33NOP+. The van der Waals surface area contributed by atoms with Crippen molar-refractivity contribution >= 4 is 29.1 Å². The van der Waals surface area contributed by atoms with Gasteiger partial charge in [0.05, 0.1) is 5.41 Å². The van der Waals surface area contributed by atoms with Crippen molar-refractivity contribution in [3.8, 4) is 0 Å². The zero-order chi connectivity index (χ0) is 22.3. The number of rotatable bonds is 6. The van der Waals surface area contributed by atoms with Crippen LogP contribution in [-0.4, -0.2) is 12.2 Å². The van der Waals surface area contributed by atoms with Crippen LogP contribution in [0.5, 0.6) is 0 Å². The smallest absolute Gasteiger partial charge is 0.229 e. The monoisotopic (exact) mass is 454 g/mol. The summed E-state index contributed by atoms with van der Waals surface area (Å²) < 4.78 is 0. The number of carbonyl (C=O) groups excluding carboxylic acids is 1. The van der Waals surface area contributed by atoms with Crippen LogP contribution in [-0.2, 0) is 4.79 Å². The lowest BCUT2D eigenvalue weighted by atomic mass is 9.49. The molecule has 4 aliphatic carbocycles. The maximum atomic E-state index is 13.9. The van der Waals surface area contributed by atoms with Crippen LogP contribution in [0.15, 0.2) is 91.0 Å². The van der Waals surface area contributed by atoms with Gasteiger partial charge in [0.15, 0.2) is 0 Å². The van der Waals surface area contributed by atoms with E-state index in [9.17, 15) is 4.79 Å². The Balaban J connectivity index is 1.39. The summed E-state index contributed by atoms with van der Waals surface area (Å²) in [6.45, 7) is 0. The average molecular weight is 455 g/mol. The first-order valence-electron chi connectivity index (χ1n) is 12.5. The third kappa shape index (κ3) is 3.64. The fourth-order valence-electron chi connectivity index (χ4n) is 7.54. The van der Waals surface area contributed by atoms with E-state index < -0.39 is 7.26 Å². The Morgan fingerprint density at radius 1 is 0.667 bits per heavy atom. The highest BCUT2D eigenvalue weighted by molar-refractivity contribution is 7.95. The highest BCUT2D eigenvalue weighted by Crippen LogP contribution is 2.60. The molecule has 0 heterocycles. The number of amides is 1. The lowest BCUT2D eigenvalue weighted by molar-refractivity contribution is -0.145. The zero-order valence-electron chi connectivity index (χ0n) is 19.2. The van der Waals surface area contributed by atoms with Gasteiger partial charge >= 0.3 is 0 Å². The van der Waals surface area contributed by atoms with Gasteiger partial charge in [-0.1, -0.05) is 54.6 Å². The van der Waals surface area contributed by atoms with Crippen molar-refractivity contribution in [2.24, 2.45) is 23.2 Å². The Morgan fingerprint density at radius 3 is 1.39 bits per heavy atom. The van der Waals surface area contributed by atoms with Crippen molar-refractivity contribution in [2.75, 3.05) is 6.29 Å². The second kappa shape index (κ2) is 8.41. The molecule has 4 fully saturated rings. The molecule has 0 spiro atoms. The number of hydrogen-bond donors (Lipinski definition) is 1. The SMILES string of the molecule is O=C(NC[P+](c1ccccc1)(c1ccccc1)c1ccccc1)C12CC3CC(CC(C3)C1)C2. The van der Waals surface area contributed by atoms with Crippen LogP contribution >= 0.6 is 7.26 Å². The highest BCUT2D eigenvalue weighted by atomic mass is 31.2. The maximum absolute atomic E-state index is 13.9. The van der Waals surface area contributed by atoms with Gasteiger partial charge in [0.2, 0.25) is 5.91 Å². The van der Waals surface area contributed by atoms with E-state index in [0.29, 0.717) is 12.2 Å². The van der Waals surface area contributed by atoms with Crippen LogP contribution in [0.1, 0.15) is 38.5 Å². The van der Waals surface area contributed by atoms with Gasteiger partial charge in [0.1, 0.15) is 29.5 Å². The highest BCUT2D eigenvalue weighted by Gasteiger charge is 2.55. The van der Waals surface area contributed by atoms with Crippen LogP contribution in [0.25, 0.3) is 0 Å². The van der Waals surface area contributed by atoms with Crippen LogP contribution in [0.2, 0.25) is 0 Å². The molecule has 3 heteroatoms. The Kier molecular flexibility index (Phi) is 5.38. The molecule has 0 radical (unpaired) electrons. The fourth-order valence-corrected chi connectivity index (χ4v) is 11.4. The molecule has 0 aliphatic heterocycles. The van der Waals surface area contributed by atoms with Gasteiger partial charge in [-0.2, -0.15) is 0 Å². The molecule has 1 amide bonds. The molecule has 1 N–H and O–H groups in total. The van der Waals surface area contributed by atoms with Gasteiger partial charge < -0.3 is 5.32 Å². The van der Waals surface area contributed by atoms with Crippen molar-refractivity contribution in [1.29, 1.82) is 0 Å². The number of carbonyl (C=O) groups is 1. The maximum Gasteiger partial charge on any atom is 0.229 e. The van der Waals surface area contributed by atoms with Gasteiger partial charge in [0, 0.05) is 0 Å². The van der Waals surface area contributed by atoms with Gasteiger partial charge in [-0.15, -0.1) is 0 Å². The second-order valence-electron chi connectivity index (χ2n) is 10.7. The third-order valence-corrected chi connectivity index (χ3v) is 12.8. The van der Waals surface area contributed by atoms with Crippen molar-refractivity contribution in [2.45, 2.75) is 38.5 Å². The van der Waals surface area contributed by atoms with E-state index >= 15 is 0 Å². The van der Waals surface area contributed by atoms with Crippen molar-refractivity contribution in [3.05, 3.63) is 91.0 Å². The quantitative estimate of drug-likeness (QED) is 0.505. The van der Waals surface area contributed by atoms with Crippen molar-refractivity contribution < 1.29 is 4.79 Å². The lowest BCUT2D eigenvalue weighted by Gasteiger charge is -2.55. The van der Waals surface area contributed by atoms with E-state index in [1.54, 1.807) is 0 Å². The molecule has 3 aromatic rings. The molecule has 3 aromatic carbocycles. The molecule has 0 aromatic heterocycles. The van der Waals surface area contributed by atoms with Crippen LogP contribution in [0.4, 0.5) is 0 Å². The summed E-state index contributed by atoms with van der Waals surface area (Å²) in [7, 11) is -2.03. The summed E-state index contributed by atoms with van der Waals surface area (Å²) in [4.78, 5) is 13.9. The Bertz CT molecular complexity index is 980. The Labute approximate surface area is 198 Å². The molecule has 7 rings (SSSR count). The van der Waals surface area contributed by atoms with Crippen LogP contribution < -0.4 is 21.2 Å². The molecule has 4 aliphatic rings. The fraction of sp³-hybridized carbons (Fsp3) is 0.367. The number of nitrogens with one attached hydrogen (secondary N) is 1. The van der Waals surface area contributed by atoms with E-state index in [1.807, 2.05) is 0 Å². The van der Waals surface area contributed by atoms with E-state index in [0.717, 1.165) is 37.0 Å². The third-order valence-electron chi connectivity index (χ3n) is 8.59. The molecule has 0 unspecified atom stereocenters. The summed E-state index contributed by atoms with van der Waals surface area (Å²) in [6.07, 6.45) is 8.10. The van der Waals surface area contributed by atoms with Gasteiger partial charge in [-0.3, -0.25) is 4.79 Å². The minimum Gasteiger partial charge on any atom is -0.322 e. The molecule has 0 atom stereocenters. The van der Waals surface area contributed by atoms with E-state index in [1.165, 1.54) is 35.2 Å². The summed E-state index contributed by atoms with van der Waals surface area (Å²) in [5.41, 5.74) is -0.117. The molecule has 4 bridgehead atoms. The lowest BCUT2D eigenvalue weighted by Crippen LogP contribution is -2.54. The van der Waals surface area contributed by atoms with Gasteiger partial charge in [-0.05, 0) is 92.7 Å². The molecular weight excluding hydrogens is 421 g/mol. The van der Waals surface area contributed by atoms with Crippen LogP contribution in [0.3, 0.4) is 0 Å². The molecule has 168 valence electrons. The Hall–Kier alpha value is -2.44. The molecule has 4 saturated carbocycles. The number of hydrogen-bond acceptors (Lipinski definition) is 1. The predicted molar refractivity (Wildman–Crippen MR) is 139 cm³/mol. The summed E-state index contributed by atoms with van der Waals surface area (Å²) >= 11 is 0. The summed E-state index contributed by atoms with van der Waals surface area (Å²) in [5, 5.41) is 7.57. The first kappa shape index (κ1) is 21.1. The van der Waals surface area contributed by atoms with Crippen molar-refractivity contribution in [1.82, 2.24) is 5.32 Å². The molecule has 33 heavy (non-hydrogen) atoms. The Morgan fingerprint density at radius 2 is 1.03 bits per heavy atom. The summed E-state index contributed by atoms with van der Waals surface area (Å²) in [5.74, 6) is 2.66. The van der Waals surface area contributed by atoms with E-state index in [-0.39, 0.29) is 5.41 Å². The van der Waals surface area contributed by atoms with E-state index in [2.05, 4.69) is 96.3 Å². The predicted octanol–water partition coefficient (Wildman–Crippen LogP) is 5.27. The van der Waals surface area contributed by atoms with Gasteiger partial charge in [-0.25, -0.2) is 0 Å². The normalized spacial score (nSPS) is 27.9. The average Bonchev–Trinajstić information content (AvgIpc) is 2.85. The first-order chi connectivity index (χ1) is 16.2. The summed E-state index contributed by atoms with van der Waals surface area (Å²) in [6, 6.07) is 32.6. The zero-order valence-corrected chi connectivity index (χ0v) is 20.1. The topological polar surface area (TPSA) is 29.1 Å². The number of benzene rings is 3. The largest absolute Gasteiger partial charge is 0.322 e.